The number of pyridine rings is 1. The Labute approximate surface area is 251 Å². The number of hydrogen-bond donors (Lipinski definition) is 2. The van der Waals surface area contributed by atoms with Gasteiger partial charge < -0.3 is 20.1 Å². The summed E-state index contributed by atoms with van der Waals surface area (Å²) in [6.45, 7) is 13.7. The van der Waals surface area contributed by atoms with Crippen LogP contribution in [0.1, 0.15) is 79.2 Å². The zero-order chi connectivity index (χ0) is 29.7. The third-order valence-electron chi connectivity index (χ3n) is 8.50. The van der Waals surface area contributed by atoms with Crippen LogP contribution in [-0.4, -0.2) is 49.1 Å². The van der Waals surface area contributed by atoms with Crippen LogP contribution in [0.25, 0.3) is 0 Å². The minimum absolute atomic E-state index is 0.0757. The number of piperidine rings is 1. The maximum absolute atomic E-state index is 13.6. The molecule has 0 aliphatic carbocycles. The molecule has 1 amide bonds. The molecule has 7 heteroatoms. The van der Waals surface area contributed by atoms with E-state index in [4.69, 9.17) is 9.47 Å². The number of amides is 1. The predicted molar refractivity (Wildman–Crippen MR) is 169 cm³/mol. The van der Waals surface area contributed by atoms with Crippen LogP contribution in [0.15, 0.2) is 48.7 Å². The van der Waals surface area contributed by atoms with Gasteiger partial charge in [0.1, 0.15) is 17.2 Å². The molecule has 2 aliphatic heterocycles. The molecule has 2 fully saturated rings. The van der Waals surface area contributed by atoms with Gasteiger partial charge in [-0.2, -0.15) is 0 Å². The van der Waals surface area contributed by atoms with E-state index in [1.54, 1.807) is 7.11 Å². The molecule has 224 valence electrons. The minimum atomic E-state index is -0.197. The van der Waals surface area contributed by atoms with E-state index in [0.717, 1.165) is 67.5 Å². The second-order valence-corrected chi connectivity index (χ2v) is 12.9. The number of ether oxygens (including phenoxy) is 2. The summed E-state index contributed by atoms with van der Waals surface area (Å²) in [7, 11) is 1.68. The first-order valence-electron chi connectivity index (χ1n) is 15.4. The number of carbonyl (C=O) groups is 1. The smallest absolute Gasteiger partial charge is 0.255 e. The fourth-order valence-electron chi connectivity index (χ4n) is 5.94. The van der Waals surface area contributed by atoms with Crippen molar-refractivity contribution in [3.63, 3.8) is 0 Å². The van der Waals surface area contributed by atoms with Gasteiger partial charge in [0.05, 0.1) is 12.8 Å². The lowest BCUT2D eigenvalue weighted by Crippen LogP contribution is -2.28. The summed E-state index contributed by atoms with van der Waals surface area (Å²) >= 11 is 0. The van der Waals surface area contributed by atoms with Crippen LogP contribution in [0.4, 0.5) is 5.69 Å². The highest BCUT2D eigenvalue weighted by atomic mass is 16.5. The van der Waals surface area contributed by atoms with Crippen molar-refractivity contribution < 1.29 is 14.3 Å². The molecule has 3 aromatic rings. The zero-order valence-electron chi connectivity index (χ0n) is 25.9. The lowest BCUT2D eigenvalue weighted by molar-refractivity contribution is 0.102. The summed E-state index contributed by atoms with van der Waals surface area (Å²) in [6.07, 6.45) is 7.56. The second kappa shape index (κ2) is 13.3. The largest absolute Gasteiger partial charge is 0.494 e. The average Bonchev–Trinajstić information content (AvgIpc) is 3.47. The SMILES string of the molecule is COc1c(CN2CCCC2)cc(C(C)(C)C)cc1NC(=O)c1ccc(C)c(Oc2ccnc(CC3CCNCC3)c2)c1. The van der Waals surface area contributed by atoms with Crippen molar-refractivity contribution in [3.8, 4) is 17.2 Å². The number of hydrogen-bond acceptors (Lipinski definition) is 6. The van der Waals surface area contributed by atoms with Crippen LogP contribution in [0, 0.1) is 12.8 Å². The van der Waals surface area contributed by atoms with Crippen molar-refractivity contribution in [2.45, 2.75) is 71.8 Å². The van der Waals surface area contributed by atoms with Gasteiger partial charge in [0.25, 0.3) is 5.91 Å². The van der Waals surface area contributed by atoms with Gasteiger partial charge in [-0.25, -0.2) is 0 Å². The van der Waals surface area contributed by atoms with Crippen molar-refractivity contribution in [1.29, 1.82) is 0 Å². The summed E-state index contributed by atoms with van der Waals surface area (Å²) in [6, 6.07) is 13.8. The third kappa shape index (κ3) is 7.50. The molecular weight excluding hydrogens is 524 g/mol. The average molecular weight is 571 g/mol. The van der Waals surface area contributed by atoms with Gasteiger partial charge in [-0.15, -0.1) is 0 Å². The summed E-state index contributed by atoms with van der Waals surface area (Å²) in [5.74, 6) is 2.57. The molecule has 2 aromatic carbocycles. The van der Waals surface area contributed by atoms with E-state index in [1.807, 2.05) is 43.5 Å². The first-order chi connectivity index (χ1) is 20.2. The van der Waals surface area contributed by atoms with Gasteiger partial charge in [0.2, 0.25) is 0 Å². The molecule has 0 atom stereocenters. The lowest BCUT2D eigenvalue weighted by Gasteiger charge is -2.25. The molecule has 0 radical (unpaired) electrons. The Balaban J connectivity index is 1.36. The number of benzene rings is 2. The van der Waals surface area contributed by atoms with Crippen molar-refractivity contribution in [3.05, 3.63) is 76.6 Å². The van der Waals surface area contributed by atoms with E-state index >= 15 is 0 Å². The fraction of sp³-hybridized carbons (Fsp3) is 0.486. The van der Waals surface area contributed by atoms with Crippen LogP contribution in [0.5, 0.6) is 17.2 Å². The molecular formula is C35H46N4O3. The lowest BCUT2D eigenvalue weighted by atomic mass is 9.85. The van der Waals surface area contributed by atoms with Gasteiger partial charge in [-0.3, -0.25) is 14.7 Å². The molecule has 0 unspecified atom stereocenters. The van der Waals surface area contributed by atoms with Crippen LogP contribution in [0.2, 0.25) is 0 Å². The summed E-state index contributed by atoms with van der Waals surface area (Å²) in [4.78, 5) is 20.7. The number of carbonyl (C=O) groups excluding carboxylic acids is 1. The molecule has 0 bridgehead atoms. The maximum atomic E-state index is 13.6. The predicted octanol–water partition coefficient (Wildman–Crippen LogP) is 6.88. The summed E-state index contributed by atoms with van der Waals surface area (Å²) in [5, 5.41) is 6.59. The number of likely N-dealkylation sites (tertiary alicyclic amines) is 1. The molecule has 2 aliphatic rings. The number of aromatic nitrogens is 1. The van der Waals surface area contributed by atoms with Gasteiger partial charge in [0, 0.05) is 35.6 Å². The van der Waals surface area contributed by atoms with E-state index in [1.165, 1.54) is 31.2 Å². The molecule has 2 N–H and O–H groups in total. The zero-order valence-corrected chi connectivity index (χ0v) is 25.9. The summed E-state index contributed by atoms with van der Waals surface area (Å²) < 4.78 is 12.2. The van der Waals surface area contributed by atoms with Crippen LogP contribution in [0.3, 0.4) is 0 Å². The Bertz CT molecular complexity index is 1390. The summed E-state index contributed by atoms with van der Waals surface area (Å²) in [5.41, 5.74) is 5.43. The van der Waals surface area contributed by atoms with Gasteiger partial charge >= 0.3 is 0 Å². The van der Waals surface area contributed by atoms with Crippen molar-refractivity contribution in [2.24, 2.45) is 5.92 Å². The van der Waals surface area contributed by atoms with Crippen LogP contribution in [-0.2, 0) is 18.4 Å². The maximum Gasteiger partial charge on any atom is 0.255 e. The van der Waals surface area contributed by atoms with E-state index in [2.05, 4.69) is 53.4 Å². The molecule has 1 aromatic heterocycles. The monoisotopic (exact) mass is 570 g/mol. The number of anilines is 1. The van der Waals surface area contributed by atoms with E-state index in [0.29, 0.717) is 22.9 Å². The fourth-order valence-corrected chi connectivity index (χ4v) is 5.94. The number of rotatable bonds is 9. The van der Waals surface area contributed by atoms with Gasteiger partial charge in [-0.05, 0) is 112 Å². The normalized spacial score (nSPS) is 16.4. The highest BCUT2D eigenvalue weighted by Crippen LogP contribution is 2.37. The Hall–Kier alpha value is -3.42. The molecule has 0 saturated carbocycles. The third-order valence-corrected chi connectivity index (χ3v) is 8.50. The van der Waals surface area contributed by atoms with E-state index < -0.39 is 0 Å². The first-order valence-corrected chi connectivity index (χ1v) is 15.4. The first kappa shape index (κ1) is 30.1. The number of aryl methyl sites for hydroxylation is 1. The standard InChI is InChI=1S/C35H46N4O3/c1-24-8-9-26(20-32(24)42-30-12-15-37-29(22-30)18-25-10-13-36-14-11-25)34(40)38-31-21-28(35(2,3)4)19-27(33(31)41-5)23-39-16-6-7-17-39/h8-9,12,15,19-22,25,36H,6-7,10-11,13-14,16-18,23H2,1-5H3,(H,38,40). The molecule has 0 spiro atoms. The molecule has 3 heterocycles. The number of nitrogens with zero attached hydrogens (tertiary/aromatic N) is 2. The highest BCUT2D eigenvalue weighted by molar-refractivity contribution is 6.05. The Morgan fingerprint density at radius 1 is 1.07 bits per heavy atom. The Morgan fingerprint density at radius 3 is 2.55 bits per heavy atom. The molecule has 42 heavy (non-hydrogen) atoms. The topological polar surface area (TPSA) is 75.7 Å². The highest BCUT2D eigenvalue weighted by Gasteiger charge is 2.23. The molecule has 2 saturated heterocycles. The number of nitrogens with one attached hydrogen (secondary N) is 2. The minimum Gasteiger partial charge on any atom is -0.494 e. The van der Waals surface area contributed by atoms with Gasteiger partial charge in [-0.1, -0.05) is 32.9 Å². The molecule has 5 rings (SSSR count). The molecule has 7 nitrogen and oxygen atoms in total. The number of methoxy groups -OCH3 is 1. The van der Waals surface area contributed by atoms with Gasteiger partial charge in [0.15, 0.2) is 0 Å². The Morgan fingerprint density at radius 2 is 1.83 bits per heavy atom. The van der Waals surface area contributed by atoms with Crippen molar-refractivity contribution >= 4 is 11.6 Å². The van der Waals surface area contributed by atoms with Crippen LogP contribution >= 0.6 is 0 Å². The quantitative estimate of drug-likeness (QED) is 0.292. The van der Waals surface area contributed by atoms with Crippen molar-refractivity contribution in [2.75, 3.05) is 38.6 Å². The van der Waals surface area contributed by atoms with Crippen molar-refractivity contribution in [1.82, 2.24) is 15.2 Å². The second-order valence-electron chi connectivity index (χ2n) is 12.9. The Kier molecular flexibility index (Phi) is 9.49. The van der Waals surface area contributed by atoms with E-state index in [-0.39, 0.29) is 11.3 Å². The van der Waals surface area contributed by atoms with E-state index in [9.17, 15) is 4.79 Å². The van der Waals surface area contributed by atoms with Crippen LogP contribution < -0.4 is 20.1 Å².